The average molecular weight is 313 g/mol. The Morgan fingerprint density at radius 3 is 2.22 bits per heavy atom. The van der Waals surface area contributed by atoms with Gasteiger partial charge in [0, 0.05) is 5.69 Å². The van der Waals surface area contributed by atoms with Gasteiger partial charge in [-0.15, -0.1) is 11.6 Å². The molecule has 1 aromatic rings. The number of hydrogen-bond donors (Lipinski definition) is 2. The first-order valence-corrected chi connectivity index (χ1v) is 8.86. The molecule has 102 valence electrons. The van der Waals surface area contributed by atoms with Crippen LogP contribution >= 0.6 is 11.6 Å². The first kappa shape index (κ1) is 15.1. The van der Waals surface area contributed by atoms with Crippen molar-refractivity contribution in [1.29, 1.82) is 0 Å². The number of hydrogen-bond acceptors (Lipinski definition) is 4. The van der Waals surface area contributed by atoms with Gasteiger partial charge in [0.2, 0.25) is 20.0 Å². The van der Waals surface area contributed by atoms with Gasteiger partial charge in [0.25, 0.3) is 0 Å². The zero-order valence-corrected chi connectivity index (χ0v) is 12.2. The van der Waals surface area contributed by atoms with Gasteiger partial charge in [-0.25, -0.2) is 16.8 Å². The molecule has 0 spiro atoms. The third kappa shape index (κ3) is 4.71. The molecule has 0 atom stereocenters. The Morgan fingerprint density at radius 1 is 1.17 bits per heavy atom. The summed E-state index contributed by atoms with van der Waals surface area (Å²) in [5, 5.41) is -0.546. The number of benzene rings is 1. The lowest BCUT2D eigenvalue weighted by Gasteiger charge is -2.10. The smallest absolute Gasteiger partial charge is 0.246 e. The zero-order chi connectivity index (χ0) is 14.0. The molecule has 0 saturated heterocycles. The highest BCUT2D eigenvalue weighted by atomic mass is 35.5. The molecule has 0 aromatic heterocycles. The maximum atomic E-state index is 11.2. The lowest BCUT2D eigenvalue weighted by molar-refractivity contribution is 0.604. The minimum Gasteiger partial charge on any atom is -0.284 e. The molecule has 6 nitrogen and oxygen atoms in total. The van der Waals surface area contributed by atoms with Crippen molar-refractivity contribution in [2.24, 2.45) is 0 Å². The van der Waals surface area contributed by atoms with Crippen molar-refractivity contribution in [3.63, 3.8) is 0 Å². The van der Waals surface area contributed by atoms with Crippen molar-refractivity contribution >= 4 is 43.0 Å². The zero-order valence-electron chi connectivity index (χ0n) is 9.77. The molecule has 0 fully saturated rings. The van der Waals surface area contributed by atoms with Crippen LogP contribution in [0.25, 0.3) is 0 Å². The van der Waals surface area contributed by atoms with Gasteiger partial charge in [0.05, 0.1) is 11.9 Å². The maximum Gasteiger partial charge on any atom is 0.246 e. The van der Waals surface area contributed by atoms with Gasteiger partial charge < -0.3 is 0 Å². The third-order valence-corrected chi connectivity index (χ3v) is 4.23. The topological polar surface area (TPSA) is 92.3 Å². The van der Waals surface area contributed by atoms with E-state index in [2.05, 4.69) is 9.44 Å². The highest BCUT2D eigenvalue weighted by Gasteiger charge is 2.10. The summed E-state index contributed by atoms with van der Waals surface area (Å²) in [6.07, 6.45) is 1.04. The summed E-state index contributed by atoms with van der Waals surface area (Å²) in [7, 11) is -6.92. The van der Waals surface area contributed by atoms with Crippen LogP contribution in [0.5, 0.6) is 0 Å². The van der Waals surface area contributed by atoms with Crippen molar-refractivity contribution in [2.45, 2.75) is 6.92 Å². The molecule has 9 heteroatoms. The van der Waals surface area contributed by atoms with Crippen LogP contribution in [0.1, 0.15) is 5.56 Å². The summed E-state index contributed by atoms with van der Waals surface area (Å²) >= 11 is 5.26. The van der Waals surface area contributed by atoms with E-state index in [0.717, 1.165) is 6.26 Å². The number of aryl methyl sites for hydroxylation is 1. The molecule has 0 aliphatic heterocycles. The van der Waals surface area contributed by atoms with E-state index in [-0.39, 0.29) is 0 Å². The van der Waals surface area contributed by atoms with Crippen LogP contribution < -0.4 is 9.44 Å². The fraction of sp³-hybridized carbons (Fsp3) is 0.333. The van der Waals surface area contributed by atoms with Gasteiger partial charge in [0.1, 0.15) is 5.21 Å². The van der Waals surface area contributed by atoms with Crippen LogP contribution in [0.3, 0.4) is 0 Å². The normalized spacial score (nSPS) is 12.2. The van der Waals surface area contributed by atoms with Gasteiger partial charge in [-0.1, -0.05) is 0 Å². The van der Waals surface area contributed by atoms with Gasteiger partial charge in [-0.2, -0.15) is 0 Å². The fourth-order valence-corrected chi connectivity index (χ4v) is 2.58. The number of sulfonamides is 2. The van der Waals surface area contributed by atoms with Crippen molar-refractivity contribution in [2.75, 3.05) is 20.9 Å². The molecule has 18 heavy (non-hydrogen) atoms. The minimum absolute atomic E-state index is 0.326. The molecule has 0 aliphatic rings. The Balaban J connectivity index is 3.00. The summed E-state index contributed by atoms with van der Waals surface area (Å²) in [5.74, 6) is 0. The SMILES string of the molecule is Cc1cc(NS(=O)(=O)CCl)ccc1NS(C)(=O)=O. The molecule has 0 aliphatic carbocycles. The second-order valence-corrected chi connectivity index (χ2v) is 7.78. The summed E-state index contributed by atoms with van der Waals surface area (Å²) in [6.45, 7) is 1.66. The largest absolute Gasteiger partial charge is 0.284 e. The lowest BCUT2D eigenvalue weighted by atomic mass is 10.2. The monoisotopic (exact) mass is 312 g/mol. The Hall–Kier alpha value is -0.990. The number of alkyl halides is 1. The Labute approximate surface area is 111 Å². The predicted octanol–water partition coefficient (Wildman–Crippen LogP) is 1.30. The van der Waals surface area contributed by atoms with Crippen LogP contribution in [0.4, 0.5) is 11.4 Å². The molecular formula is C9H13ClN2O4S2. The van der Waals surface area contributed by atoms with Crippen LogP contribution in [0.15, 0.2) is 18.2 Å². The fourth-order valence-electron chi connectivity index (χ4n) is 1.25. The standard InChI is InChI=1S/C9H13ClN2O4S2/c1-7-5-8(11-18(15,16)6-10)3-4-9(7)12-17(2,13)14/h3-5,11-12H,6H2,1-2H3. The van der Waals surface area contributed by atoms with E-state index in [1.165, 1.54) is 18.2 Å². The van der Waals surface area contributed by atoms with Crippen molar-refractivity contribution in [1.82, 2.24) is 0 Å². The number of nitrogens with one attached hydrogen (secondary N) is 2. The molecule has 2 N–H and O–H groups in total. The van der Waals surface area contributed by atoms with Crippen LogP contribution in [-0.2, 0) is 20.0 Å². The van der Waals surface area contributed by atoms with Crippen molar-refractivity contribution < 1.29 is 16.8 Å². The van der Waals surface area contributed by atoms with Crippen molar-refractivity contribution in [3.05, 3.63) is 23.8 Å². The summed E-state index contributed by atoms with van der Waals surface area (Å²) < 4.78 is 49.2. The van der Waals surface area contributed by atoms with Crippen LogP contribution in [0, 0.1) is 6.92 Å². The van der Waals surface area contributed by atoms with E-state index in [9.17, 15) is 16.8 Å². The molecule has 0 amide bonds. The van der Waals surface area contributed by atoms with Gasteiger partial charge in [-0.05, 0) is 30.7 Å². The first-order chi connectivity index (χ1) is 8.13. The highest BCUT2D eigenvalue weighted by Crippen LogP contribution is 2.21. The van der Waals surface area contributed by atoms with Gasteiger partial charge in [-0.3, -0.25) is 9.44 Å². The van der Waals surface area contributed by atoms with Crippen molar-refractivity contribution in [3.8, 4) is 0 Å². The summed E-state index contributed by atoms with van der Waals surface area (Å²) in [4.78, 5) is 0. The van der Waals surface area contributed by atoms with E-state index in [0.29, 0.717) is 16.9 Å². The molecule has 1 rings (SSSR count). The third-order valence-electron chi connectivity index (χ3n) is 1.94. The van der Waals surface area contributed by atoms with E-state index in [1.807, 2.05) is 0 Å². The Morgan fingerprint density at radius 2 is 1.78 bits per heavy atom. The van der Waals surface area contributed by atoms with E-state index in [1.54, 1.807) is 6.92 Å². The lowest BCUT2D eigenvalue weighted by Crippen LogP contribution is -2.14. The van der Waals surface area contributed by atoms with E-state index in [4.69, 9.17) is 11.6 Å². The first-order valence-electron chi connectivity index (χ1n) is 4.78. The average Bonchev–Trinajstić information content (AvgIpc) is 2.20. The molecule has 0 unspecified atom stereocenters. The van der Waals surface area contributed by atoms with E-state index < -0.39 is 25.3 Å². The maximum absolute atomic E-state index is 11.2. The molecule has 0 heterocycles. The highest BCUT2D eigenvalue weighted by molar-refractivity contribution is 7.93. The Kier molecular flexibility index (Phi) is 4.46. The molecule has 1 aromatic carbocycles. The molecule has 0 radical (unpaired) electrons. The second kappa shape index (κ2) is 5.33. The quantitative estimate of drug-likeness (QED) is 0.802. The minimum atomic E-state index is -3.56. The molecule has 0 saturated carbocycles. The Bertz CT molecular complexity index is 641. The number of anilines is 2. The summed E-state index contributed by atoms with van der Waals surface area (Å²) in [6, 6.07) is 4.44. The number of halogens is 1. The molecular weight excluding hydrogens is 300 g/mol. The summed E-state index contributed by atoms with van der Waals surface area (Å²) in [5.41, 5.74) is 1.31. The van der Waals surface area contributed by atoms with Gasteiger partial charge in [0.15, 0.2) is 0 Å². The molecule has 0 bridgehead atoms. The van der Waals surface area contributed by atoms with Gasteiger partial charge >= 0.3 is 0 Å². The second-order valence-electron chi connectivity index (χ2n) is 3.73. The number of rotatable bonds is 5. The van der Waals surface area contributed by atoms with Crippen LogP contribution in [-0.4, -0.2) is 28.3 Å². The predicted molar refractivity (Wildman–Crippen MR) is 72.9 cm³/mol. The van der Waals surface area contributed by atoms with E-state index >= 15 is 0 Å². The van der Waals surface area contributed by atoms with Crippen LogP contribution in [0.2, 0.25) is 0 Å².